The topological polar surface area (TPSA) is 92.3 Å². The fourth-order valence-electron chi connectivity index (χ4n) is 2.77. The predicted octanol–water partition coefficient (Wildman–Crippen LogP) is 4.10. The lowest BCUT2D eigenvalue weighted by molar-refractivity contribution is -0.116. The van der Waals surface area contributed by atoms with Crippen LogP contribution in [0.3, 0.4) is 0 Å². The Morgan fingerprint density at radius 3 is 2.79 bits per heavy atom. The highest BCUT2D eigenvalue weighted by Gasteiger charge is 2.23. The molecule has 0 radical (unpaired) electrons. The van der Waals surface area contributed by atoms with Crippen LogP contribution in [0.4, 0.5) is 15.8 Å². The minimum atomic E-state index is -3.75. The molecule has 2 N–H and O–H groups in total. The summed E-state index contributed by atoms with van der Waals surface area (Å²) in [5.74, 6) is -1.74. The van der Waals surface area contributed by atoms with Crippen LogP contribution in [0, 0.1) is 5.82 Å². The van der Waals surface area contributed by atoms with Crippen molar-refractivity contribution >= 4 is 56.4 Å². The SMILES string of the molecule is C[C@H]1CC(=O)Nc2cc(S(=O)(=O)CCC(=O)Nc3ccc(F)c(Cl)c3)ccc2S1. The van der Waals surface area contributed by atoms with Gasteiger partial charge in [-0.2, -0.15) is 0 Å². The van der Waals surface area contributed by atoms with E-state index < -0.39 is 27.3 Å². The molecule has 154 valence electrons. The molecule has 1 aliphatic heterocycles. The average molecular weight is 457 g/mol. The van der Waals surface area contributed by atoms with Gasteiger partial charge in [0.2, 0.25) is 11.8 Å². The standard InChI is InChI=1S/C19H18ClFN2O4S2/c1-11-8-19(25)23-16-10-13(3-5-17(16)28-11)29(26,27)7-6-18(24)22-12-2-4-15(21)14(20)9-12/h2-5,9-11H,6-8H2,1H3,(H,22,24)(H,23,25)/t11-/m0/s1. The van der Waals surface area contributed by atoms with Gasteiger partial charge >= 0.3 is 0 Å². The predicted molar refractivity (Wildman–Crippen MR) is 112 cm³/mol. The highest BCUT2D eigenvalue weighted by molar-refractivity contribution is 8.00. The molecule has 3 rings (SSSR count). The van der Waals surface area contributed by atoms with Crippen molar-refractivity contribution < 1.29 is 22.4 Å². The van der Waals surface area contributed by atoms with Crippen molar-refractivity contribution in [2.24, 2.45) is 0 Å². The lowest BCUT2D eigenvalue weighted by Gasteiger charge is -2.11. The van der Waals surface area contributed by atoms with Crippen molar-refractivity contribution in [3.05, 3.63) is 47.2 Å². The van der Waals surface area contributed by atoms with Gasteiger partial charge in [0.1, 0.15) is 5.82 Å². The molecule has 0 unspecified atom stereocenters. The molecule has 6 nitrogen and oxygen atoms in total. The van der Waals surface area contributed by atoms with E-state index in [0.29, 0.717) is 12.1 Å². The zero-order valence-electron chi connectivity index (χ0n) is 15.4. The number of hydrogen-bond acceptors (Lipinski definition) is 5. The Kier molecular flexibility index (Phi) is 6.50. The molecule has 1 aliphatic rings. The average Bonchev–Trinajstić information content (AvgIpc) is 2.78. The fraction of sp³-hybridized carbons (Fsp3) is 0.263. The first-order valence-corrected chi connectivity index (χ1v) is 11.6. The lowest BCUT2D eigenvalue weighted by atomic mass is 10.3. The monoisotopic (exact) mass is 456 g/mol. The first-order valence-electron chi connectivity index (χ1n) is 8.72. The number of halogens is 2. The smallest absolute Gasteiger partial charge is 0.225 e. The Hall–Kier alpha value is -2.10. The van der Waals surface area contributed by atoms with Crippen molar-refractivity contribution in [2.75, 3.05) is 16.4 Å². The Bertz CT molecular complexity index is 1080. The fourth-order valence-corrected chi connectivity index (χ4v) is 5.26. The molecule has 29 heavy (non-hydrogen) atoms. The Morgan fingerprint density at radius 1 is 1.31 bits per heavy atom. The largest absolute Gasteiger partial charge is 0.326 e. The van der Waals surface area contributed by atoms with Gasteiger partial charge in [0, 0.05) is 28.7 Å². The number of carbonyl (C=O) groups excluding carboxylic acids is 2. The van der Waals surface area contributed by atoms with E-state index in [2.05, 4.69) is 10.6 Å². The van der Waals surface area contributed by atoms with E-state index in [1.54, 1.807) is 6.07 Å². The molecule has 0 bridgehead atoms. The van der Waals surface area contributed by atoms with Gasteiger partial charge in [-0.15, -0.1) is 11.8 Å². The first kappa shape index (κ1) is 21.6. The summed E-state index contributed by atoms with van der Waals surface area (Å²) in [5, 5.41) is 5.16. The summed E-state index contributed by atoms with van der Waals surface area (Å²) in [6, 6.07) is 8.25. The molecule has 1 atom stereocenters. The normalized spacial score (nSPS) is 16.5. The maximum atomic E-state index is 13.2. The summed E-state index contributed by atoms with van der Waals surface area (Å²) in [6.07, 6.45) is 0.0571. The summed E-state index contributed by atoms with van der Waals surface area (Å²) < 4.78 is 38.4. The van der Waals surface area contributed by atoms with E-state index >= 15 is 0 Å². The molecule has 10 heteroatoms. The maximum absolute atomic E-state index is 13.2. The number of sulfone groups is 1. The van der Waals surface area contributed by atoms with Crippen LogP contribution in [-0.2, 0) is 19.4 Å². The van der Waals surface area contributed by atoms with Gasteiger partial charge < -0.3 is 10.6 Å². The van der Waals surface area contributed by atoms with E-state index in [0.717, 1.165) is 11.0 Å². The number of rotatable bonds is 5. The third-order valence-electron chi connectivity index (χ3n) is 4.19. The Balaban J connectivity index is 1.68. The molecular formula is C19H18ClFN2O4S2. The van der Waals surface area contributed by atoms with Crippen LogP contribution in [0.1, 0.15) is 19.8 Å². The van der Waals surface area contributed by atoms with Crippen molar-refractivity contribution in [3.8, 4) is 0 Å². The second-order valence-corrected chi connectivity index (χ2v) is 10.6. The number of hydrogen-bond donors (Lipinski definition) is 2. The molecule has 0 saturated heterocycles. The number of amides is 2. The lowest BCUT2D eigenvalue weighted by Crippen LogP contribution is -2.18. The van der Waals surface area contributed by atoms with Crippen molar-refractivity contribution in [1.82, 2.24) is 0 Å². The summed E-state index contributed by atoms with van der Waals surface area (Å²) in [6.45, 7) is 1.93. The Labute approximate surface area is 177 Å². The van der Waals surface area contributed by atoms with Crippen LogP contribution in [-0.4, -0.2) is 31.2 Å². The van der Waals surface area contributed by atoms with Gasteiger partial charge in [0.05, 0.1) is 21.4 Å². The summed E-state index contributed by atoms with van der Waals surface area (Å²) in [4.78, 5) is 24.8. The second kappa shape index (κ2) is 8.73. The van der Waals surface area contributed by atoms with Crippen molar-refractivity contribution in [3.63, 3.8) is 0 Å². The van der Waals surface area contributed by atoms with Crippen molar-refractivity contribution in [1.29, 1.82) is 0 Å². The first-order chi connectivity index (χ1) is 13.6. The van der Waals surface area contributed by atoms with Crippen LogP contribution in [0.25, 0.3) is 0 Å². The number of carbonyl (C=O) groups is 2. The zero-order chi connectivity index (χ0) is 21.2. The second-order valence-electron chi connectivity index (χ2n) is 6.58. The van der Waals surface area contributed by atoms with Crippen LogP contribution >= 0.6 is 23.4 Å². The number of anilines is 2. The van der Waals surface area contributed by atoms with Gasteiger partial charge in [-0.1, -0.05) is 18.5 Å². The molecular weight excluding hydrogens is 439 g/mol. The molecule has 2 aromatic carbocycles. The van der Waals surface area contributed by atoms with Crippen LogP contribution < -0.4 is 10.6 Å². The van der Waals surface area contributed by atoms with Gasteiger partial charge in [-0.05, 0) is 36.4 Å². The minimum Gasteiger partial charge on any atom is -0.326 e. The van der Waals surface area contributed by atoms with Gasteiger partial charge in [-0.3, -0.25) is 9.59 Å². The highest BCUT2D eigenvalue weighted by Crippen LogP contribution is 2.36. The van der Waals surface area contributed by atoms with Crippen LogP contribution in [0.2, 0.25) is 5.02 Å². The molecule has 2 aromatic rings. The number of benzene rings is 2. The Morgan fingerprint density at radius 2 is 2.07 bits per heavy atom. The summed E-state index contributed by atoms with van der Waals surface area (Å²) in [7, 11) is -3.75. The molecule has 0 aliphatic carbocycles. The third-order valence-corrected chi connectivity index (χ3v) is 7.37. The molecule has 0 saturated carbocycles. The minimum absolute atomic E-state index is 0.0318. The summed E-state index contributed by atoms with van der Waals surface area (Å²) in [5.41, 5.74) is 0.730. The molecule has 0 aromatic heterocycles. The van der Waals surface area contributed by atoms with Crippen LogP contribution in [0.5, 0.6) is 0 Å². The van der Waals surface area contributed by atoms with Gasteiger partial charge in [0.15, 0.2) is 9.84 Å². The highest BCUT2D eigenvalue weighted by atomic mass is 35.5. The summed E-state index contributed by atoms with van der Waals surface area (Å²) >= 11 is 7.16. The molecule has 0 fully saturated rings. The van der Waals surface area contributed by atoms with E-state index in [4.69, 9.17) is 11.6 Å². The third kappa shape index (κ3) is 5.49. The van der Waals surface area contributed by atoms with Gasteiger partial charge in [-0.25, -0.2) is 12.8 Å². The number of fused-ring (bicyclic) bond motifs is 1. The zero-order valence-corrected chi connectivity index (χ0v) is 17.8. The maximum Gasteiger partial charge on any atom is 0.225 e. The molecule has 0 spiro atoms. The van der Waals surface area contributed by atoms with Crippen molar-refractivity contribution in [2.45, 2.75) is 34.8 Å². The molecule has 2 amide bonds. The van der Waals surface area contributed by atoms with E-state index in [1.807, 2.05) is 6.92 Å². The molecule has 1 heterocycles. The number of thioether (sulfide) groups is 1. The van der Waals surface area contributed by atoms with Gasteiger partial charge in [0.25, 0.3) is 0 Å². The van der Waals surface area contributed by atoms with Crippen LogP contribution in [0.15, 0.2) is 46.2 Å². The van der Waals surface area contributed by atoms with E-state index in [9.17, 15) is 22.4 Å². The van der Waals surface area contributed by atoms with E-state index in [1.165, 1.54) is 36.0 Å². The quantitative estimate of drug-likeness (QED) is 0.706. The van der Waals surface area contributed by atoms with E-state index in [-0.39, 0.29) is 33.2 Å². The number of nitrogens with one attached hydrogen (secondary N) is 2.